The summed E-state index contributed by atoms with van der Waals surface area (Å²) in [6, 6.07) is 0. The first kappa shape index (κ1) is 23.0. The van der Waals surface area contributed by atoms with Gasteiger partial charge in [-0.15, -0.1) is 0 Å². The molecule has 2 heteroatoms. The van der Waals surface area contributed by atoms with Crippen molar-refractivity contribution in [2.75, 3.05) is 0 Å². The fourth-order valence-electron chi connectivity index (χ4n) is 8.14. The topological polar surface area (TPSA) is 34.1 Å². The molecule has 0 amide bonds. The molecule has 0 radical (unpaired) electrons. The van der Waals surface area contributed by atoms with E-state index in [1.54, 1.807) is 0 Å². The number of hydrogen-bond donors (Lipinski definition) is 0. The molecule has 0 saturated heterocycles. The average Bonchev–Trinajstić information content (AvgIpc) is 3.02. The molecule has 0 spiro atoms. The van der Waals surface area contributed by atoms with Crippen LogP contribution >= 0.6 is 0 Å². The van der Waals surface area contributed by atoms with Gasteiger partial charge in [0.05, 0.1) is 0 Å². The van der Waals surface area contributed by atoms with Gasteiger partial charge in [0, 0.05) is 18.3 Å². The Labute approximate surface area is 180 Å². The molecule has 3 unspecified atom stereocenters. The van der Waals surface area contributed by atoms with Crippen LogP contribution in [0.3, 0.4) is 0 Å². The van der Waals surface area contributed by atoms with Crippen LogP contribution in [0.4, 0.5) is 0 Å². The molecule has 3 rings (SSSR count). The van der Waals surface area contributed by atoms with Crippen molar-refractivity contribution in [3.63, 3.8) is 0 Å². The number of hydrogen-bond acceptors (Lipinski definition) is 2. The Morgan fingerprint density at radius 1 is 1.00 bits per heavy atom. The summed E-state index contributed by atoms with van der Waals surface area (Å²) in [5, 5.41) is 0. The highest BCUT2D eigenvalue weighted by molar-refractivity contribution is 5.85. The van der Waals surface area contributed by atoms with E-state index in [0.29, 0.717) is 35.4 Å². The smallest absolute Gasteiger partial charge is 0.139 e. The molecule has 0 aromatic rings. The van der Waals surface area contributed by atoms with Gasteiger partial charge in [0.2, 0.25) is 0 Å². The highest BCUT2D eigenvalue weighted by Crippen LogP contribution is 2.64. The zero-order valence-corrected chi connectivity index (χ0v) is 19.8. The number of ketones is 1. The third-order valence-electron chi connectivity index (χ3n) is 9.81. The molecule has 0 aliphatic heterocycles. The van der Waals surface area contributed by atoms with Crippen molar-refractivity contribution in [2.45, 2.75) is 112 Å². The highest BCUT2D eigenvalue weighted by Gasteiger charge is 2.58. The quantitative estimate of drug-likeness (QED) is 0.401. The summed E-state index contributed by atoms with van der Waals surface area (Å²) >= 11 is 0. The molecule has 0 aromatic carbocycles. The minimum Gasteiger partial charge on any atom is -0.303 e. The first-order valence-corrected chi connectivity index (χ1v) is 12.7. The van der Waals surface area contributed by atoms with Crippen LogP contribution in [0, 0.1) is 46.3 Å². The second-order valence-electron chi connectivity index (χ2n) is 11.9. The predicted octanol–water partition coefficient (Wildman–Crippen LogP) is 7.25. The standard InChI is InChI=1S/C27H46O2/c1-19(2)9-8-10-20(3)22-12-13-23-21(15-18-28)24(14-17-26(22,23)4)27(5)16-7-6-11-25(27)29/h18-24H,6-17H2,1-5H3/t20-,21?,22-,23?,24?,26-,27-/m1/s1. The summed E-state index contributed by atoms with van der Waals surface area (Å²) in [5.74, 6) is 4.35. The summed E-state index contributed by atoms with van der Waals surface area (Å²) in [6.07, 6.45) is 15.0. The monoisotopic (exact) mass is 402 g/mol. The van der Waals surface area contributed by atoms with Crippen LogP contribution in [-0.4, -0.2) is 12.1 Å². The summed E-state index contributed by atoms with van der Waals surface area (Å²) < 4.78 is 0. The van der Waals surface area contributed by atoms with E-state index in [9.17, 15) is 9.59 Å². The van der Waals surface area contributed by atoms with Gasteiger partial charge in [0.15, 0.2) is 0 Å². The molecule has 0 bridgehead atoms. The van der Waals surface area contributed by atoms with E-state index >= 15 is 0 Å². The molecule has 0 heterocycles. The number of carbonyl (C=O) groups excluding carboxylic acids is 2. The van der Waals surface area contributed by atoms with E-state index in [1.807, 2.05) is 0 Å². The zero-order chi connectivity index (χ0) is 21.2. The van der Waals surface area contributed by atoms with Crippen LogP contribution in [0.25, 0.3) is 0 Å². The van der Waals surface area contributed by atoms with Crippen molar-refractivity contribution in [3.05, 3.63) is 0 Å². The highest BCUT2D eigenvalue weighted by atomic mass is 16.1. The lowest BCUT2D eigenvalue weighted by atomic mass is 9.49. The second kappa shape index (κ2) is 9.23. The van der Waals surface area contributed by atoms with E-state index in [-0.39, 0.29) is 5.41 Å². The molecule has 3 saturated carbocycles. The van der Waals surface area contributed by atoms with Crippen molar-refractivity contribution in [1.29, 1.82) is 0 Å². The number of fused-ring (bicyclic) bond motifs is 1. The van der Waals surface area contributed by atoms with Crippen molar-refractivity contribution < 1.29 is 9.59 Å². The SMILES string of the molecule is CC(C)CCC[C@@H](C)[C@H]1CCC2C(CC=O)C([C@@]3(C)CCCCC3=O)CC[C@@]21C. The van der Waals surface area contributed by atoms with Gasteiger partial charge in [-0.3, -0.25) is 4.79 Å². The van der Waals surface area contributed by atoms with Crippen LogP contribution in [0.5, 0.6) is 0 Å². The number of Topliss-reactive ketones (excluding diaryl/α,β-unsaturated/α-hetero) is 1. The summed E-state index contributed by atoms with van der Waals surface area (Å²) in [5.41, 5.74) is 0.198. The van der Waals surface area contributed by atoms with Crippen molar-refractivity contribution in [1.82, 2.24) is 0 Å². The lowest BCUT2D eigenvalue weighted by molar-refractivity contribution is -0.142. The van der Waals surface area contributed by atoms with Crippen LogP contribution < -0.4 is 0 Å². The van der Waals surface area contributed by atoms with Gasteiger partial charge in [-0.2, -0.15) is 0 Å². The maximum Gasteiger partial charge on any atom is 0.139 e. The summed E-state index contributed by atoms with van der Waals surface area (Å²) in [7, 11) is 0. The predicted molar refractivity (Wildman–Crippen MR) is 121 cm³/mol. The van der Waals surface area contributed by atoms with E-state index < -0.39 is 0 Å². The third-order valence-corrected chi connectivity index (χ3v) is 9.81. The molecule has 2 nitrogen and oxygen atoms in total. The molecule has 29 heavy (non-hydrogen) atoms. The van der Waals surface area contributed by atoms with E-state index in [4.69, 9.17) is 0 Å². The van der Waals surface area contributed by atoms with Crippen LogP contribution in [0.1, 0.15) is 112 Å². The Balaban J connectivity index is 1.77. The van der Waals surface area contributed by atoms with Gasteiger partial charge in [-0.1, -0.05) is 60.3 Å². The van der Waals surface area contributed by atoms with E-state index in [2.05, 4.69) is 34.6 Å². The first-order valence-electron chi connectivity index (χ1n) is 12.7. The van der Waals surface area contributed by atoms with Crippen LogP contribution in [0.2, 0.25) is 0 Å². The fraction of sp³-hybridized carbons (Fsp3) is 0.926. The van der Waals surface area contributed by atoms with Crippen molar-refractivity contribution in [3.8, 4) is 0 Å². The molecule has 166 valence electrons. The first-order chi connectivity index (χ1) is 13.7. The molecule has 0 aromatic heterocycles. The Kier molecular flexibility index (Phi) is 7.32. The minimum atomic E-state index is -0.172. The Morgan fingerprint density at radius 2 is 1.76 bits per heavy atom. The van der Waals surface area contributed by atoms with Gasteiger partial charge in [0.25, 0.3) is 0 Å². The maximum atomic E-state index is 13.0. The normalized spacial score (nSPS) is 41.4. The summed E-state index contributed by atoms with van der Waals surface area (Å²) in [4.78, 5) is 24.7. The fourth-order valence-corrected chi connectivity index (χ4v) is 8.14. The molecule has 3 aliphatic carbocycles. The summed E-state index contributed by atoms with van der Waals surface area (Å²) in [6.45, 7) is 11.9. The zero-order valence-electron chi connectivity index (χ0n) is 19.8. The van der Waals surface area contributed by atoms with Crippen molar-refractivity contribution in [2.24, 2.45) is 46.3 Å². The van der Waals surface area contributed by atoms with Gasteiger partial charge in [0.1, 0.15) is 12.1 Å². The Bertz CT molecular complexity index is 581. The van der Waals surface area contributed by atoms with Crippen molar-refractivity contribution >= 4 is 12.1 Å². The third kappa shape index (κ3) is 4.38. The molecule has 0 N–H and O–H groups in total. The lowest BCUT2D eigenvalue weighted by Gasteiger charge is -2.54. The van der Waals surface area contributed by atoms with Crippen LogP contribution in [0.15, 0.2) is 0 Å². The average molecular weight is 403 g/mol. The molecule has 3 aliphatic rings. The molecule has 3 fully saturated rings. The Hall–Kier alpha value is -0.660. The maximum absolute atomic E-state index is 13.0. The van der Waals surface area contributed by atoms with Gasteiger partial charge in [-0.05, 0) is 79.4 Å². The Morgan fingerprint density at radius 3 is 2.41 bits per heavy atom. The van der Waals surface area contributed by atoms with Gasteiger partial charge < -0.3 is 4.79 Å². The van der Waals surface area contributed by atoms with Gasteiger partial charge in [-0.25, -0.2) is 0 Å². The number of carbonyl (C=O) groups is 2. The molecular formula is C27H46O2. The second-order valence-corrected chi connectivity index (χ2v) is 11.9. The number of rotatable bonds is 8. The largest absolute Gasteiger partial charge is 0.303 e. The number of aldehydes is 1. The lowest BCUT2D eigenvalue weighted by Crippen LogP contribution is -2.50. The molecule has 7 atom stereocenters. The molecular weight excluding hydrogens is 356 g/mol. The minimum absolute atomic E-state index is 0.172. The van der Waals surface area contributed by atoms with E-state index in [0.717, 1.165) is 43.4 Å². The van der Waals surface area contributed by atoms with Crippen LogP contribution in [-0.2, 0) is 9.59 Å². The van der Waals surface area contributed by atoms with Gasteiger partial charge >= 0.3 is 0 Å². The van der Waals surface area contributed by atoms with E-state index in [1.165, 1.54) is 51.2 Å².